The van der Waals surface area contributed by atoms with Gasteiger partial charge in [-0.15, -0.1) is 6.58 Å². The highest BCUT2D eigenvalue weighted by Gasteiger charge is 2.29. The largest absolute Gasteiger partial charge is 0.444 e. The molecule has 0 heterocycles. The van der Waals surface area contributed by atoms with Crippen LogP contribution in [0, 0.1) is 0 Å². The van der Waals surface area contributed by atoms with Gasteiger partial charge < -0.3 is 9.84 Å². The summed E-state index contributed by atoms with van der Waals surface area (Å²) in [4.78, 5) is 29.8. The predicted molar refractivity (Wildman–Crippen MR) is 73.8 cm³/mol. The maximum atomic E-state index is 12.1. The molecule has 0 unspecified atom stereocenters. The number of ether oxygens (including phenoxy) is 1. The molecule has 0 aliphatic rings. The van der Waals surface area contributed by atoms with E-state index < -0.39 is 23.6 Å². The zero-order chi connectivity index (χ0) is 15.9. The zero-order valence-electron chi connectivity index (χ0n) is 12.8. The lowest BCUT2D eigenvalue weighted by Crippen LogP contribution is -2.49. The number of carbonyl (C=O) groups is 2. The Kier molecular flexibility index (Phi) is 7.23. The van der Waals surface area contributed by atoms with E-state index in [1.807, 2.05) is 0 Å². The zero-order valence-corrected chi connectivity index (χ0v) is 12.8. The molecule has 0 saturated heterocycles. The molecule has 0 rings (SSSR count). The van der Waals surface area contributed by atoms with Crippen molar-refractivity contribution in [3.63, 3.8) is 0 Å². The van der Waals surface area contributed by atoms with Crippen molar-refractivity contribution in [2.24, 2.45) is 0 Å². The number of nitrogens with zero attached hydrogens (tertiary/aromatic N) is 2. The molecule has 0 aliphatic carbocycles. The van der Waals surface area contributed by atoms with Crippen LogP contribution in [-0.4, -0.2) is 66.0 Å². The van der Waals surface area contributed by atoms with Crippen LogP contribution in [0.25, 0.3) is 0 Å². The molecule has 0 fully saturated rings. The lowest BCUT2D eigenvalue weighted by atomic mass is 10.2. The highest BCUT2D eigenvalue weighted by atomic mass is 16.7. The molecule has 0 radical (unpaired) electrons. The second-order valence-electron chi connectivity index (χ2n) is 5.17. The summed E-state index contributed by atoms with van der Waals surface area (Å²) >= 11 is 0. The first-order valence-corrected chi connectivity index (χ1v) is 6.20. The molecule has 7 nitrogen and oxygen atoms in total. The standard InChI is InChI=1S/C13H24N2O5/c1-7-10(9-16)15(8-11(17)14(5)19-6)12(18)20-13(2,3)4/h7,10,16H,1,8-9H2,2-6H3/t10-/m0/s1. The molecule has 1 atom stereocenters. The minimum atomic E-state index is -0.709. The number of amides is 2. The van der Waals surface area contributed by atoms with Crippen LogP contribution in [0.5, 0.6) is 0 Å². The number of likely N-dealkylation sites (N-methyl/N-ethyl adjacent to an activating group) is 1. The summed E-state index contributed by atoms with van der Waals surface area (Å²) in [5, 5.41) is 10.3. The summed E-state index contributed by atoms with van der Waals surface area (Å²) in [6.45, 7) is 8.05. The van der Waals surface area contributed by atoms with E-state index >= 15 is 0 Å². The van der Waals surface area contributed by atoms with Gasteiger partial charge in [-0.1, -0.05) is 6.08 Å². The molecule has 20 heavy (non-hydrogen) atoms. The van der Waals surface area contributed by atoms with Crippen molar-refractivity contribution in [1.82, 2.24) is 9.96 Å². The van der Waals surface area contributed by atoms with Crippen molar-refractivity contribution in [1.29, 1.82) is 0 Å². The molecule has 0 aromatic rings. The number of aliphatic hydroxyl groups excluding tert-OH is 1. The van der Waals surface area contributed by atoms with Crippen molar-refractivity contribution < 1.29 is 24.3 Å². The maximum absolute atomic E-state index is 12.1. The molecule has 1 N–H and O–H groups in total. The molecule has 116 valence electrons. The molecular weight excluding hydrogens is 264 g/mol. The third-order valence-electron chi connectivity index (χ3n) is 2.42. The van der Waals surface area contributed by atoms with Crippen LogP contribution in [-0.2, 0) is 14.4 Å². The van der Waals surface area contributed by atoms with Crippen LogP contribution < -0.4 is 0 Å². The summed E-state index contributed by atoms with van der Waals surface area (Å²) < 4.78 is 5.22. The SMILES string of the molecule is C=C[C@@H](CO)N(CC(=O)N(C)OC)C(=O)OC(C)(C)C. The van der Waals surface area contributed by atoms with Crippen LogP contribution in [0.2, 0.25) is 0 Å². The molecule has 0 bridgehead atoms. The van der Waals surface area contributed by atoms with Crippen LogP contribution in [0.4, 0.5) is 4.79 Å². The molecule has 2 amide bonds. The topological polar surface area (TPSA) is 79.3 Å². The number of rotatable bonds is 6. The minimum Gasteiger partial charge on any atom is -0.444 e. The van der Waals surface area contributed by atoms with E-state index in [4.69, 9.17) is 9.57 Å². The fraction of sp³-hybridized carbons (Fsp3) is 0.692. The second-order valence-corrected chi connectivity index (χ2v) is 5.17. The van der Waals surface area contributed by atoms with Gasteiger partial charge in [-0.25, -0.2) is 9.86 Å². The van der Waals surface area contributed by atoms with Gasteiger partial charge in [0.25, 0.3) is 5.91 Å². The molecule has 0 saturated carbocycles. The minimum absolute atomic E-state index is 0.281. The Labute approximate surface area is 119 Å². The van der Waals surface area contributed by atoms with Crippen LogP contribution in [0.3, 0.4) is 0 Å². The molecule has 7 heteroatoms. The first-order chi connectivity index (χ1) is 9.16. The lowest BCUT2D eigenvalue weighted by Gasteiger charge is -2.31. The average Bonchev–Trinajstić information content (AvgIpc) is 2.35. The summed E-state index contributed by atoms with van der Waals surface area (Å²) in [6, 6.07) is -0.709. The monoisotopic (exact) mass is 288 g/mol. The Morgan fingerprint density at radius 3 is 2.30 bits per heavy atom. The smallest absolute Gasteiger partial charge is 0.411 e. The third kappa shape index (κ3) is 6.03. The highest BCUT2D eigenvalue weighted by Crippen LogP contribution is 2.12. The van der Waals surface area contributed by atoms with Crippen molar-refractivity contribution >= 4 is 12.0 Å². The van der Waals surface area contributed by atoms with E-state index in [0.717, 1.165) is 9.96 Å². The van der Waals surface area contributed by atoms with Crippen molar-refractivity contribution in [2.45, 2.75) is 32.4 Å². The molecule has 0 aliphatic heterocycles. The van der Waals surface area contributed by atoms with Crippen molar-refractivity contribution in [2.75, 3.05) is 27.3 Å². The Morgan fingerprint density at radius 1 is 1.40 bits per heavy atom. The fourth-order valence-electron chi connectivity index (χ4n) is 1.29. The quantitative estimate of drug-likeness (QED) is 0.577. The van der Waals surface area contributed by atoms with Gasteiger partial charge in [-0.05, 0) is 20.8 Å². The predicted octanol–water partition coefficient (Wildman–Crippen LogP) is 0.790. The normalized spacial score (nSPS) is 12.5. The van der Waals surface area contributed by atoms with E-state index in [-0.39, 0.29) is 13.2 Å². The highest BCUT2D eigenvalue weighted by molar-refractivity contribution is 5.81. The third-order valence-corrected chi connectivity index (χ3v) is 2.42. The number of hydrogen-bond acceptors (Lipinski definition) is 5. The van der Waals surface area contributed by atoms with E-state index in [9.17, 15) is 14.7 Å². The Morgan fingerprint density at radius 2 is 1.95 bits per heavy atom. The van der Waals surface area contributed by atoms with E-state index in [2.05, 4.69) is 6.58 Å². The van der Waals surface area contributed by atoms with Gasteiger partial charge in [-0.3, -0.25) is 14.5 Å². The van der Waals surface area contributed by atoms with Crippen molar-refractivity contribution in [3.05, 3.63) is 12.7 Å². The molecule has 0 aromatic heterocycles. The van der Waals surface area contributed by atoms with Crippen LogP contribution in [0.1, 0.15) is 20.8 Å². The Balaban J connectivity index is 5.04. The van der Waals surface area contributed by atoms with E-state index in [0.29, 0.717) is 0 Å². The Bertz CT molecular complexity index is 351. The van der Waals surface area contributed by atoms with E-state index in [1.54, 1.807) is 20.8 Å². The maximum Gasteiger partial charge on any atom is 0.411 e. The number of carbonyl (C=O) groups excluding carboxylic acids is 2. The molecule has 0 aromatic carbocycles. The second kappa shape index (κ2) is 7.86. The van der Waals surface area contributed by atoms with E-state index in [1.165, 1.54) is 20.2 Å². The van der Waals surface area contributed by atoms with Gasteiger partial charge in [0.15, 0.2) is 0 Å². The summed E-state index contributed by atoms with van der Waals surface area (Å²) in [5.74, 6) is -0.446. The average molecular weight is 288 g/mol. The van der Waals surface area contributed by atoms with Gasteiger partial charge >= 0.3 is 6.09 Å². The first kappa shape index (κ1) is 18.4. The fourth-order valence-corrected chi connectivity index (χ4v) is 1.29. The number of hydroxylamine groups is 2. The van der Waals surface area contributed by atoms with Crippen molar-refractivity contribution in [3.8, 4) is 0 Å². The molecular formula is C13H24N2O5. The van der Waals surface area contributed by atoms with Crippen LogP contribution >= 0.6 is 0 Å². The van der Waals surface area contributed by atoms with Gasteiger partial charge in [-0.2, -0.15) is 0 Å². The van der Waals surface area contributed by atoms with Gasteiger partial charge in [0.05, 0.1) is 19.8 Å². The molecule has 0 spiro atoms. The number of hydrogen-bond donors (Lipinski definition) is 1. The van der Waals surface area contributed by atoms with Gasteiger partial charge in [0.1, 0.15) is 12.1 Å². The Hall–Kier alpha value is -1.60. The lowest BCUT2D eigenvalue weighted by molar-refractivity contribution is -0.170. The summed E-state index contributed by atoms with van der Waals surface area (Å²) in [7, 11) is 2.77. The van der Waals surface area contributed by atoms with Gasteiger partial charge in [0.2, 0.25) is 0 Å². The number of aliphatic hydroxyl groups is 1. The summed E-state index contributed by atoms with van der Waals surface area (Å²) in [6.07, 6.45) is 0.679. The van der Waals surface area contributed by atoms with Crippen LogP contribution in [0.15, 0.2) is 12.7 Å². The summed E-state index contributed by atoms with van der Waals surface area (Å²) in [5.41, 5.74) is -0.702. The van der Waals surface area contributed by atoms with Gasteiger partial charge in [0, 0.05) is 7.05 Å². The first-order valence-electron chi connectivity index (χ1n) is 6.20.